The molecule has 0 aromatic carbocycles. The number of carbonyl (C=O) groups is 1. The molecule has 8 heteroatoms. The van der Waals surface area contributed by atoms with E-state index in [-0.39, 0.29) is 17.7 Å². The minimum absolute atomic E-state index is 0.0780. The Labute approximate surface area is 130 Å². The van der Waals surface area contributed by atoms with Crippen molar-refractivity contribution in [3.05, 3.63) is 5.28 Å². The van der Waals surface area contributed by atoms with E-state index in [2.05, 4.69) is 25.6 Å². The molecule has 0 fully saturated rings. The van der Waals surface area contributed by atoms with Gasteiger partial charge in [0.05, 0.1) is 6.54 Å². The molecular weight excluding hydrogens is 292 g/mol. The summed E-state index contributed by atoms with van der Waals surface area (Å²) < 4.78 is 0. The molecule has 7 nitrogen and oxygen atoms in total. The molecule has 0 saturated heterocycles. The lowest BCUT2D eigenvalue weighted by atomic mass is 10.2. The Bertz CT molecular complexity index is 468. The van der Waals surface area contributed by atoms with Crippen molar-refractivity contribution in [1.29, 1.82) is 0 Å². The second-order valence-electron chi connectivity index (χ2n) is 5.21. The second-order valence-corrected chi connectivity index (χ2v) is 5.55. The molecule has 1 aromatic rings. The molecular formula is C13H23ClN6O. The van der Waals surface area contributed by atoms with Crippen molar-refractivity contribution >= 4 is 29.4 Å². The standard InChI is InChI=1S/C13H23ClN6O/c1-5-6-15-12-17-11(14)18-13(19-12)20(4)8-10(21)16-7-9(2)3/h9H,5-8H2,1-4H3,(H,16,21)(H,15,17,18,19). The third-order valence-corrected chi connectivity index (χ3v) is 2.73. The first-order valence-corrected chi connectivity index (χ1v) is 7.43. The number of rotatable bonds is 8. The number of carbonyl (C=O) groups excluding carboxylic acids is 1. The molecule has 118 valence electrons. The zero-order valence-corrected chi connectivity index (χ0v) is 13.7. The summed E-state index contributed by atoms with van der Waals surface area (Å²) in [6.45, 7) is 7.69. The van der Waals surface area contributed by atoms with Gasteiger partial charge < -0.3 is 15.5 Å². The summed E-state index contributed by atoms with van der Waals surface area (Å²) >= 11 is 5.88. The number of halogens is 1. The summed E-state index contributed by atoms with van der Waals surface area (Å²) in [5.74, 6) is 1.12. The van der Waals surface area contributed by atoms with Gasteiger partial charge in [-0.05, 0) is 23.9 Å². The molecule has 0 aliphatic heterocycles. The van der Waals surface area contributed by atoms with Crippen LogP contribution in [0.4, 0.5) is 11.9 Å². The number of amides is 1. The Morgan fingerprint density at radius 2 is 2.05 bits per heavy atom. The van der Waals surface area contributed by atoms with Crippen LogP contribution in [0.1, 0.15) is 27.2 Å². The van der Waals surface area contributed by atoms with Gasteiger partial charge in [-0.1, -0.05) is 20.8 Å². The number of aromatic nitrogens is 3. The predicted octanol–water partition coefficient (Wildman–Crippen LogP) is 1.56. The smallest absolute Gasteiger partial charge is 0.239 e. The maximum Gasteiger partial charge on any atom is 0.239 e. The molecule has 1 rings (SSSR count). The number of nitrogens with one attached hydrogen (secondary N) is 2. The third kappa shape index (κ3) is 6.57. The molecule has 1 aromatic heterocycles. The Hall–Kier alpha value is -1.63. The van der Waals surface area contributed by atoms with E-state index in [0.29, 0.717) is 24.4 Å². The molecule has 0 atom stereocenters. The molecule has 1 heterocycles. The van der Waals surface area contributed by atoms with Gasteiger partial charge in [0.1, 0.15) is 0 Å². The van der Waals surface area contributed by atoms with E-state index >= 15 is 0 Å². The average molecular weight is 315 g/mol. The molecule has 0 unspecified atom stereocenters. The summed E-state index contributed by atoms with van der Waals surface area (Å²) in [7, 11) is 1.74. The Kier molecular flexibility index (Phi) is 7.14. The zero-order chi connectivity index (χ0) is 15.8. The lowest BCUT2D eigenvalue weighted by Gasteiger charge is -2.17. The molecule has 0 aliphatic rings. The van der Waals surface area contributed by atoms with E-state index in [4.69, 9.17) is 11.6 Å². The van der Waals surface area contributed by atoms with Crippen molar-refractivity contribution in [2.24, 2.45) is 5.92 Å². The van der Waals surface area contributed by atoms with Crippen LogP contribution in [0.3, 0.4) is 0 Å². The first kappa shape index (κ1) is 17.4. The van der Waals surface area contributed by atoms with Crippen LogP contribution in [0, 0.1) is 5.92 Å². The van der Waals surface area contributed by atoms with E-state index in [0.717, 1.165) is 13.0 Å². The van der Waals surface area contributed by atoms with Crippen LogP contribution in [0.25, 0.3) is 0 Å². The van der Waals surface area contributed by atoms with Gasteiger partial charge in [-0.15, -0.1) is 0 Å². The molecule has 2 N–H and O–H groups in total. The van der Waals surface area contributed by atoms with Gasteiger partial charge in [-0.3, -0.25) is 4.79 Å². The average Bonchev–Trinajstić information content (AvgIpc) is 2.42. The fraction of sp³-hybridized carbons (Fsp3) is 0.692. The molecule has 0 radical (unpaired) electrons. The van der Waals surface area contributed by atoms with Gasteiger partial charge in [0.25, 0.3) is 0 Å². The summed E-state index contributed by atoms with van der Waals surface area (Å²) in [4.78, 5) is 25.7. The van der Waals surface area contributed by atoms with Crippen LogP contribution >= 0.6 is 11.6 Å². The Morgan fingerprint density at radius 3 is 2.67 bits per heavy atom. The van der Waals surface area contributed by atoms with E-state index in [9.17, 15) is 4.79 Å². The molecule has 0 saturated carbocycles. The van der Waals surface area contributed by atoms with E-state index < -0.39 is 0 Å². The Morgan fingerprint density at radius 1 is 1.33 bits per heavy atom. The van der Waals surface area contributed by atoms with Crippen molar-refractivity contribution in [2.75, 3.05) is 36.9 Å². The fourth-order valence-corrected chi connectivity index (χ4v) is 1.64. The SMILES string of the molecule is CCCNc1nc(Cl)nc(N(C)CC(=O)NCC(C)C)n1. The van der Waals surface area contributed by atoms with Crippen LogP contribution < -0.4 is 15.5 Å². The molecule has 21 heavy (non-hydrogen) atoms. The highest BCUT2D eigenvalue weighted by Gasteiger charge is 2.12. The topological polar surface area (TPSA) is 83.0 Å². The summed E-state index contributed by atoms with van der Waals surface area (Å²) in [6, 6.07) is 0. The minimum Gasteiger partial charge on any atom is -0.354 e. The number of likely N-dealkylation sites (N-methyl/N-ethyl adjacent to an activating group) is 1. The Balaban J connectivity index is 2.66. The maximum atomic E-state index is 11.8. The second kappa shape index (κ2) is 8.61. The molecule has 0 spiro atoms. The zero-order valence-electron chi connectivity index (χ0n) is 13.0. The predicted molar refractivity (Wildman–Crippen MR) is 84.7 cm³/mol. The van der Waals surface area contributed by atoms with E-state index in [1.54, 1.807) is 11.9 Å². The largest absolute Gasteiger partial charge is 0.354 e. The van der Waals surface area contributed by atoms with Crippen molar-refractivity contribution in [2.45, 2.75) is 27.2 Å². The van der Waals surface area contributed by atoms with E-state index in [1.807, 2.05) is 20.8 Å². The third-order valence-electron chi connectivity index (χ3n) is 2.56. The highest BCUT2D eigenvalue weighted by Crippen LogP contribution is 2.12. The van der Waals surface area contributed by atoms with Crippen molar-refractivity contribution < 1.29 is 4.79 Å². The lowest BCUT2D eigenvalue weighted by molar-refractivity contribution is -0.119. The van der Waals surface area contributed by atoms with Crippen LogP contribution in [0.2, 0.25) is 5.28 Å². The van der Waals surface area contributed by atoms with Crippen LogP contribution in [-0.2, 0) is 4.79 Å². The quantitative estimate of drug-likeness (QED) is 0.757. The molecule has 1 amide bonds. The molecule has 0 bridgehead atoms. The van der Waals surface area contributed by atoms with Gasteiger partial charge in [-0.2, -0.15) is 15.0 Å². The van der Waals surface area contributed by atoms with Gasteiger partial charge in [-0.25, -0.2) is 0 Å². The lowest BCUT2D eigenvalue weighted by Crippen LogP contribution is -2.37. The number of anilines is 2. The highest BCUT2D eigenvalue weighted by molar-refractivity contribution is 6.28. The first-order chi connectivity index (χ1) is 9.92. The summed E-state index contributed by atoms with van der Waals surface area (Å²) in [5, 5.41) is 6.00. The minimum atomic E-state index is -0.0780. The summed E-state index contributed by atoms with van der Waals surface area (Å²) in [6.07, 6.45) is 0.950. The fourth-order valence-electron chi connectivity index (χ4n) is 1.49. The van der Waals surface area contributed by atoms with Crippen molar-refractivity contribution in [1.82, 2.24) is 20.3 Å². The first-order valence-electron chi connectivity index (χ1n) is 7.05. The number of hydrogen-bond donors (Lipinski definition) is 2. The van der Waals surface area contributed by atoms with Gasteiger partial charge in [0.2, 0.25) is 23.1 Å². The van der Waals surface area contributed by atoms with Crippen molar-refractivity contribution in [3.63, 3.8) is 0 Å². The monoisotopic (exact) mass is 314 g/mol. The summed E-state index contributed by atoms with van der Waals surface area (Å²) in [5.41, 5.74) is 0. The maximum absolute atomic E-state index is 11.8. The van der Waals surface area contributed by atoms with Gasteiger partial charge in [0.15, 0.2) is 0 Å². The number of hydrogen-bond acceptors (Lipinski definition) is 6. The van der Waals surface area contributed by atoms with Crippen LogP contribution in [0.5, 0.6) is 0 Å². The van der Waals surface area contributed by atoms with Gasteiger partial charge in [0, 0.05) is 20.1 Å². The normalized spacial score (nSPS) is 10.6. The van der Waals surface area contributed by atoms with Gasteiger partial charge >= 0.3 is 0 Å². The molecule has 0 aliphatic carbocycles. The number of nitrogens with zero attached hydrogens (tertiary/aromatic N) is 4. The highest BCUT2D eigenvalue weighted by atomic mass is 35.5. The van der Waals surface area contributed by atoms with E-state index in [1.165, 1.54) is 0 Å². The van der Waals surface area contributed by atoms with Crippen LogP contribution in [-0.4, -0.2) is 47.5 Å². The van der Waals surface area contributed by atoms with Crippen LogP contribution in [0.15, 0.2) is 0 Å². The van der Waals surface area contributed by atoms with Crippen molar-refractivity contribution in [3.8, 4) is 0 Å².